The number of hydrogen-bond donors (Lipinski definition) is 1. The minimum atomic E-state index is -0.399. The van der Waals surface area contributed by atoms with Gasteiger partial charge in [-0.2, -0.15) is 0 Å². The quantitative estimate of drug-likeness (QED) is 0.452. The maximum Gasteiger partial charge on any atom is 0.273 e. The molecule has 2 N–H and O–H groups in total. The Morgan fingerprint density at radius 1 is 1.53 bits per heavy atom. The van der Waals surface area contributed by atoms with E-state index in [9.17, 15) is 10.1 Å². The highest BCUT2D eigenvalue weighted by Gasteiger charge is 2.11. The molecule has 0 unspecified atom stereocenters. The number of nitro benzene ring substituents is 1. The van der Waals surface area contributed by atoms with Gasteiger partial charge in [-0.25, -0.2) is 0 Å². The summed E-state index contributed by atoms with van der Waals surface area (Å²) < 4.78 is 0. The predicted molar refractivity (Wildman–Crippen MR) is 58.4 cm³/mol. The lowest BCUT2D eigenvalue weighted by Gasteiger charge is -1.98. The summed E-state index contributed by atoms with van der Waals surface area (Å²) in [6, 6.07) is 4.88. The molecule has 0 radical (unpaired) electrons. The number of nitrogens with zero attached hydrogens (tertiary/aromatic N) is 1. The Balaban J connectivity index is 3.06. The largest absolute Gasteiger partial charge is 0.330 e. The molecule has 0 fully saturated rings. The van der Waals surface area contributed by atoms with Gasteiger partial charge in [0.15, 0.2) is 0 Å². The van der Waals surface area contributed by atoms with Gasteiger partial charge in [-0.15, -0.1) is 0 Å². The lowest BCUT2D eigenvalue weighted by molar-refractivity contribution is -0.385. The fraction of sp³-hybridized carbons (Fsp3) is 0.273. The summed E-state index contributed by atoms with van der Waals surface area (Å²) in [7, 11) is 0. The van der Waals surface area contributed by atoms with Crippen molar-refractivity contribution in [3.63, 3.8) is 0 Å². The number of nitro groups is 1. The molecule has 0 aliphatic carbocycles. The zero-order valence-electron chi connectivity index (χ0n) is 8.49. The maximum atomic E-state index is 10.6. The first-order chi connectivity index (χ1) is 7.16. The second-order valence-corrected chi connectivity index (χ2v) is 3.05. The van der Waals surface area contributed by atoms with E-state index in [0.29, 0.717) is 24.1 Å². The number of hydrogen-bond acceptors (Lipinski definition) is 3. The molecular weight excluding hydrogens is 192 g/mol. The van der Waals surface area contributed by atoms with Crippen molar-refractivity contribution >= 4 is 5.69 Å². The first-order valence-electron chi connectivity index (χ1n) is 4.59. The molecule has 0 aromatic heterocycles. The average molecular weight is 204 g/mol. The van der Waals surface area contributed by atoms with Crippen molar-refractivity contribution in [1.29, 1.82) is 0 Å². The van der Waals surface area contributed by atoms with Crippen molar-refractivity contribution in [1.82, 2.24) is 0 Å². The molecule has 0 saturated heterocycles. The fourth-order valence-corrected chi connectivity index (χ4v) is 1.19. The van der Waals surface area contributed by atoms with Crippen LogP contribution in [0.5, 0.6) is 0 Å². The van der Waals surface area contributed by atoms with Gasteiger partial charge in [0, 0.05) is 30.2 Å². The molecule has 4 heteroatoms. The van der Waals surface area contributed by atoms with Gasteiger partial charge in [0.25, 0.3) is 5.69 Å². The second-order valence-electron chi connectivity index (χ2n) is 3.05. The van der Waals surface area contributed by atoms with E-state index in [1.807, 2.05) is 0 Å². The molecule has 0 amide bonds. The van der Waals surface area contributed by atoms with Gasteiger partial charge < -0.3 is 5.73 Å². The minimum absolute atomic E-state index is 0.106. The fourth-order valence-electron chi connectivity index (χ4n) is 1.19. The van der Waals surface area contributed by atoms with Crippen LogP contribution in [0.15, 0.2) is 18.2 Å². The van der Waals surface area contributed by atoms with Crippen LogP contribution in [-0.4, -0.2) is 11.5 Å². The molecule has 0 aliphatic heterocycles. The van der Waals surface area contributed by atoms with Gasteiger partial charge in [-0.1, -0.05) is 17.9 Å². The molecule has 78 valence electrons. The van der Waals surface area contributed by atoms with Crippen molar-refractivity contribution < 1.29 is 4.92 Å². The van der Waals surface area contributed by atoms with Gasteiger partial charge >= 0.3 is 0 Å². The van der Waals surface area contributed by atoms with E-state index in [0.717, 1.165) is 0 Å². The van der Waals surface area contributed by atoms with E-state index in [1.165, 1.54) is 6.07 Å². The summed E-state index contributed by atoms with van der Waals surface area (Å²) in [6.07, 6.45) is 0.599. The van der Waals surface area contributed by atoms with Crippen molar-refractivity contribution in [2.45, 2.75) is 13.3 Å². The lowest BCUT2D eigenvalue weighted by Crippen LogP contribution is -1.96. The smallest absolute Gasteiger partial charge is 0.273 e. The van der Waals surface area contributed by atoms with Gasteiger partial charge in [0.1, 0.15) is 0 Å². The third-order valence-corrected chi connectivity index (χ3v) is 1.99. The van der Waals surface area contributed by atoms with Crippen molar-refractivity contribution in [3.05, 3.63) is 39.4 Å². The van der Waals surface area contributed by atoms with E-state index in [2.05, 4.69) is 11.8 Å². The first-order valence-corrected chi connectivity index (χ1v) is 4.59. The van der Waals surface area contributed by atoms with E-state index < -0.39 is 4.92 Å². The summed E-state index contributed by atoms with van der Waals surface area (Å²) in [6.45, 7) is 2.20. The Morgan fingerprint density at radius 2 is 2.27 bits per heavy atom. The Morgan fingerprint density at radius 3 is 2.87 bits per heavy atom. The van der Waals surface area contributed by atoms with E-state index in [4.69, 9.17) is 5.73 Å². The average Bonchev–Trinajstić information content (AvgIpc) is 2.20. The van der Waals surface area contributed by atoms with Crippen LogP contribution < -0.4 is 5.73 Å². The van der Waals surface area contributed by atoms with E-state index >= 15 is 0 Å². The summed E-state index contributed by atoms with van der Waals surface area (Å²) in [4.78, 5) is 10.2. The normalized spacial score (nSPS) is 9.20. The molecule has 15 heavy (non-hydrogen) atoms. The molecule has 0 saturated carbocycles. The number of nitrogens with two attached hydrogens (primary N) is 1. The van der Waals surface area contributed by atoms with Gasteiger partial charge in [0.2, 0.25) is 0 Å². The van der Waals surface area contributed by atoms with E-state index in [1.54, 1.807) is 19.1 Å². The van der Waals surface area contributed by atoms with Crippen LogP contribution in [0.4, 0.5) is 5.69 Å². The zero-order valence-corrected chi connectivity index (χ0v) is 8.49. The van der Waals surface area contributed by atoms with Crippen LogP contribution in [0.2, 0.25) is 0 Å². The second kappa shape index (κ2) is 5.13. The molecule has 1 rings (SSSR count). The highest BCUT2D eigenvalue weighted by atomic mass is 16.6. The number of benzene rings is 1. The summed E-state index contributed by atoms with van der Waals surface area (Å²) in [5, 5.41) is 10.6. The van der Waals surface area contributed by atoms with Crippen molar-refractivity contribution in [3.8, 4) is 11.8 Å². The van der Waals surface area contributed by atoms with Crippen LogP contribution in [0.1, 0.15) is 17.5 Å². The molecule has 0 bridgehead atoms. The standard InChI is InChI=1S/C11H12N2O2/c1-9-10(5-2-3-8-12)6-4-7-11(9)13(14)15/h4,6-7H,3,8,12H2,1H3. The summed E-state index contributed by atoms with van der Waals surface area (Å²) in [5.74, 6) is 5.74. The molecule has 4 nitrogen and oxygen atoms in total. The maximum absolute atomic E-state index is 10.6. The molecule has 0 atom stereocenters. The molecule has 0 spiro atoms. The highest BCUT2D eigenvalue weighted by Crippen LogP contribution is 2.20. The van der Waals surface area contributed by atoms with Gasteiger partial charge in [0.05, 0.1) is 4.92 Å². The Hall–Kier alpha value is -1.86. The molecule has 1 aromatic rings. The SMILES string of the molecule is Cc1c(C#CCCN)cccc1[N+](=O)[O-]. The van der Waals surface area contributed by atoms with Crippen LogP contribution in [0, 0.1) is 28.9 Å². The third kappa shape index (κ3) is 2.79. The lowest BCUT2D eigenvalue weighted by atomic mass is 10.1. The van der Waals surface area contributed by atoms with Crippen LogP contribution in [-0.2, 0) is 0 Å². The summed E-state index contributed by atoms with van der Waals surface area (Å²) >= 11 is 0. The van der Waals surface area contributed by atoms with Crippen LogP contribution >= 0.6 is 0 Å². The van der Waals surface area contributed by atoms with Gasteiger partial charge in [-0.3, -0.25) is 10.1 Å². The topological polar surface area (TPSA) is 69.2 Å². The minimum Gasteiger partial charge on any atom is -0.330 e. The Bertz CT molecular complexity index is 430. The highest BCUT2D eigenvalue weighted by molar-refractivity contribution is 5.51. The first kappa shape index (κ1) is 11.2. The van der Waals surface area contributed by atoms with Crippen molar-refractivity contribution in [2.75, 3.05) is 6.54 Å². The van der Waals surface area contributed by atoms with Gasteiger partial charge in [-0.05, 0) is 13.0 Å². The third-order valence-electron chi connectivity index (χ3n) is 1.99. The monoisotopic (exact) mass is 204 g/mol. The molecular formula is C11H12N2O2. The van der Waals surface area contributed by atoms with Crippen LogP contribution in [0.25, 0.3) is 0 Å². The molecule has 0 heterocycles. The molecule has 1 aromatic carbocycles. The number of rotatable bonds is 2. The van der Waals surface area contributed by atoms with Crippen molar-refractivity contribution in [2.24, 2.45) is 5.73 Å². The Labute approximate surface area is 88.2 Å². The predicted octanol–water partition coefficient (Wildman–Crippen LogP) is 1.60. The Kier molecular flexibility index (Phi) is 3.83. The summed E-state index contributed by atoms with van der Waals surface area (Å²) in [5.41, 5.74) is 6.70. The zero-order chi connectivity index (χ0) is 11.3. The molecule has 0 aliphatic rings. The van der Waals surface area contributed by atoms with E-state index in [-0.39, 0.29) is 5.69 Å². The van der Waals surface area contributed by atoms with Crippen LogP contribution in [0.3, 0.4) is 0 Å².